The quantitative estimate of drug-likeness (QED) is 0.615. The van der Waals surface area contributed by atoms with E-state index >= 15 is 0 Å². The van der Waals surface area contributed by atoms with E-state index in [1.165, 1.54) is 0 Å². The highest BCUT2D eigenvalue weighted by Gasteiger charge is 2.52. The van der Waals surface area contributed by atoms with Gasteiger partial charge >= 0.3 is 11.9 Å². The van der Waals surface area contributed by atoms with Crippen molar-refractivity contribution in [2.24, 2.45) is 5.41 Å². The number of hydrogen-bond donors (Lipinski definition) is 0. The predicted octanol–water partition coefficient (Wildman–Crippen LogP) is 2.69. The third-order valence-corrected chi connectivity index (χ3v) is 3.42. The maximum atomic E-state index is 12.2. The van der Waals surface area contributed by atoms with Gasteiger partial charge in [-0.05, 0) is 32.8 Å². The van der Waals surface area contributed by atoms with Crippen molar-refractivity contribution in [2.45, 2.75) is 46.8 Å². The number of hydrogen-bond acceptors (Lipinski definition) is 4. The fourth-order valence-corrected chi connectivity index (χ4v) is 2.50. The highest BCUT2D eigenvalue weighted by Crippen LogP contribution is 2.35. The zero-order valence-electron chi connectivity index (χ0n) is 12.6. The van der Waals surface area contributed by atoms with Gasteiger partial charge in [-0.15, -0.1) is 0 Å². The van der Waals surface area contributed by atoms with E-state index in [1.807, 2.05) is 32.0 Å². The van der Waals surface area contributed by atoms with Crippen molar-refractivity contribution in [2.75, 3.05) is 0 Å². The maximum Gasteiger partial charge on any atom is 0.326 e. The van der Waals surface area contributed by atoms with Crippen molar-refractivity contribution in [1.82, 2.24) is 0 Å². The third kappa shape index (κ3) is 2.69. The normalized spacial score (nSPS) is 20.2. The summed E-state index contributed by atoms with van der Waals surface area (Å²) in [7, 11) is 0. The zero-order chi connectivity index (χ0) is 15.1. The SMILES string of the molecule is Cc1cc(C)cc(CC2(C)C(=O)OC(C)(C)OC2=O)c1. The molecule has 0 N–H and O–H groups in total. The van der Waals surface area contributed by atoms with E-state index < -0.39 is 23.1 Å². The van der Waals surface area contributed by atoms with E-state index in [9.17, 15) is 9.59 Å². The Kier molecular flexibility index (Phi) is 3.36. The maximum absolute atomic E-state index is 12.2. The van der Waals surface area contributed by atoms with Gasteiger partial charge in [-0.25, -0.2) is 0 Å². The molecule has 1 fully saturated rings. The molecule has 20 heavy (non-hydrogen) atoms. The summed E-state index contributed by atoms with van der Waals surface area (Å²) < 4.78 is 10.4. The molecule has 0 saturated carbocycles. The minimum atomic E-state index is -1.28. The molecule has 0 spiro atoms. The summed E-state index contributed by atoms with van der Waals surface area (Å²) >= 11 is 0. The van der Waals surface area contributed by atoms with Crippen LogP contribution in [0.25, 0.3) is 0 Å². The number of benzene rings is 1. The predicted molar refractivity (Wildman–Crippen MR) is 74.0 cm³/mol. The van der Waals surface area contributed by atoms with Crippen LogP contribution in [0.3, 0.4) is 0 Å². The lowest BCUT2D eigenvalue weighted by Gasteiger charge is -2.38. The molecule has 1 aromatic rings. The van der Waals surface area contributed by atoms with Crippen LogP contribution in [0.2, 0.25) is 0 Å². The Morgan fingerprint density at radius 1 is 0.900 bits per heavy atom. The smallest absolute Gasteiger partial charge is 0.326 e. The Balaban J connectivity index is 2.31. The first-order chi connectivity index (χ1) is 9.12. The Morgan fingerprint density at radius 2 is 1.35 bits per heavy atom. The van der Waals surface area contributed by atoms with Crippen LogP contribution < -0.4 is 0 Å². The first-order valence-corrected chi connectivity index (χ1v) is 6.66. The molecule has 0 unspecified atom stereocenters. The molecule has 4 heteroatoms. The summed E-state index contributed by atoms with van der Waals surface area (Å²) in [5.74, 6) is -2.24. The first kappa shape index (κ1) is 14.6. The van der Waals surface area contributed by atoms with Gasteiger partial charge in [-0.2, -0.15) is 0 Å². The number of esters is 2. The van der Waals surface area contributed by atoms with E-state index in [2.05, 4.69) is 0 Å². The molecular weight excluding hydrogens is 256 g/mol. The minimum absolute atomic E-state index is 0.281. The lowest BCUT2D eigenvalue weighted by Crippen LogP contribution is -2.53. The van der Waals surface area contributed by atoms with Crippen LogP contribution in [0.15, 0.2) is 18.2 Å². The number of rotatable bonds is 2. The number of aryl methyl sites for hydroxylation is 2. The molecule has 1 heterocycles. The molecule has 108 valence electrons. The largest absolute Gasteiger partial charge is 0.422 e. The summed E-state index contributed by atoms with van der Waals surface area (Å²) in [6.07, 6.45) is 0.281. The molecule has 0 aliphatic carbocycles. The lowest BCUT2D eigenvalue weighted by molar-refractivity contribution is -0.249. The van der Waals surface area contributed by atoms with Crippen LogP contribution >= 0.6 is 0 Å². The Bertz CT molecular complexity index is 532. The minimum Gasteiger partial charge on any atom is -0.422 e. The van der Waals surface area contributed by atoms with Gasteiger partial charge in [-0.3, -0.25) is 9.59 Å². The molecule has 1 aliphatic rings. The standard InChI is InChI=1S/C16H20O4/c1-10-6-11(2)8-12(7-10)9-16(5)13(17)19-15(3,4)20-14(16)18/h6-8H,9H2,1-5H3. The third-order valence-electron chi connectivity index (χ3n) is 3.42. The fourth-order valence-electron chi connectivity index (χ4n) is 2.50. The molecule has 0 aromatic heterocycles. The van der Waals surface area contributed by atoms with Gasteiger partial charge < -0.3 is 9.47 Å². The van der Waals surface area contributed by atoms with Gasteiger partial charge in [0.25, 0.3) is 5.79 Å². The number of carbonyl (C=O) groups excluding carboxylic acids is 2. The molecule has 4 nitrogen and oxygen atoms in total. The van der Waals surface area contributed by atoms with E-state index in [0.717, 1.165) is 16.7 Å². The van der Waals surface area contributed by atoms with E-state index in [-0.39, 0.29) is 6.42 Å². The van der Waals surface area contributed by atoms with Gasteiger partial charge in [0.2, 0.25) is 0 Å². The topological polar surface area (TPSA) is 52.6 Å². The second kappa shape index (κ2) is 4.62. The van der Waals surface area contributed by atoms with Crippen LogP contribution in [0.4, 0.5) is 0 Å². The van der Waals surface area contributed by atoms with Gasteiger partial charge in [0.1, 0.15) is 0 Å². The highest BCUT2D eigenvalue weighted by molar-refractivity contribution is 6.01. The van der Waals surface area contributed by atoms with Gasteiger partial charge in [0.05, 0.1) is 0 Å². The Hall–Kier alpha value is -1.84. The molecule has 1 aromatic carbocycles. The van der Waals surface area contributed by atoms with Crippen molar-refractivity contribution < 1.29 is 19.1 Å². The molecule has 1 aliphatic heterocycles. The van der Waals surface area contributed by atoms with Crippen molar-refractivity contribution >= 4 is 11.9 Å². The summed E-state index contributed by atoms with van der Waals surface area (Å²) in [6.45, 7) is 8.65. The average Bonchev–Trinajstić information content (AvgIpc) is 2.23. The van der Waals surface area contributed by atoms with Gasteiger partial charge in [-0.1, -0.05) is 29.3 Å². The molecular formula is C16H20O4. The number of carbonyl (C=O) groups is 2. The Labute approximate surface area is 119 Å². The summed E-state index contributed by atoms with van der Waals surface area (Å²) in [5, 5.41) is 0. The first-order valence-electron chi connectivity index (χ1n) is 6.66. The molecule has 1 saturated heterocycles. The highest BCUT2D eigenvalue weighted by atomic mass is 16.7. The molecule has 0 atom stereocenters. The van der Waals surface area contributed by atoms with Crippen LogP contribution in [0, 0.1) is 19.3 Å². The van der Waals surface area contributed by atoms with Crippen LogP contribution in [-0.2, 0) is 25.5 Å². The van der Waals surface area contributed by atoms with Crippen molar-refractivity contribution in [3.63, 3.8) is 0 Å². The summed E-state index contributed by atoms with van der Waals surface area (Å²) in [6, 6.07) is 5.99. The lowest BCUT2D eigenvalue weighted by atomic mass is 9.82. The Morgan fingerprint density at radius 3 is 1.80 bits per heavy atom. The van der Waals surface area contributed by atoms with Crippen molar-refractivity contribution in [1.29, 1.82) is 0 Å². The summed E-state index contributed by atoms with van der Waals surface area (Å²) in [5.41, 5.74) is 1.84. The molecule has 2 rings (SSSR count). The van der Waals surface area contributed by atoms with Crippen LogP contribution in [0.1, 0.15) is 37.5 Å². The second-order valence-electron chi connectivity index (χ2n) is 6.18. The van der Waals surface area contributed by atoms with Crippen LogP contribution in [0.5, 0.6) is 0 Å². The van der Waals surface area contributed by atoms with Crippen molar-refractivity contribution in [3.05, 3.63) is 34.9 Å². The average molecular weight is 276 g/mol. The summed E-state index contributed by atoms with van der Waals surface area (Å²) in [4.78, 5) is 24.4. The monoisotopic (exact) mass is 276 g/mol. The fraction of sp³-hybridized carbons (Fsp3) is 0.500. The molecule has 0 amide bonds. The number of cyclic esters (lactones) is 2. The zero-order valence-corrected chi connectivity index (χ0v) is 12.6. The van der Waals surface area contributed by atoms with Crippen molar-refractivity contribution in [3.8, 4) is 0 Å². The van der Waals surface area contributed by atoms with E-state index in [0.29, 0.717) is 0 Å². The van der Waals surface area contributed by atoms with E-state index in [4.69, 9.17) is 9.47 Å². The second-order valence-corrected chi connectivity index (χ2v) is 6.18. The molecule has 0 radical (unpaired) electrons. The number of ether oxygens (including phenoxy) is 2. The van der Waals surface area contributed by atoms with Crippen LogP contribution in [-0.4, -0.2) is 17.7 Å². The van der Waals surface area contributed by atoms with E-state index in [1.54, 1.807) is 20.8 Å². The van der Waals surface area contributed by atoms with Gasteiger partial charge in [0.15, 0.2) is 5.41 Å². The van der Waals surface area contributed by atoms with Gasteiger partial charge in [0, 0.05) is 13.8 Å². The molecule has 0 bridgehead atoms.